The van der Waals surface area contributed by atoms with Gasteiger partial charge in [0.1, 0.15) is 5.54 Å². The van der Waals surface area contributed by atoms with Gasteiger partial charge in [0.05, 0.1) is 7.11 Å². The zero-order valence-electron chi connectivity index (χ0n) is 14.3. The number of rotatable bonds is 9. The van der Waals surface area contributed by atoms with Crippen molar-refractivity contribution in [2.24, 2.45) is 0 Å². The van der Waals surface area contributed by atoms with E-state index in [1.807, 2.05) is 0 Å². The van der Waals surface area contributed by atoms with Crippen molar-refractivity contribution in [2.75, 3.05) is 52.9 Å². The van der Waals surface area contributed by atoms with Gasteiger partial charge in [0, 0.05) is 26.2 Å². The fraction of sp³-hybridized carbons (Fsp3) is 0.938. The van der Waals surface area contributed by atoms with Crippen LogP contribution in [0.5, 0.6) is 0 Å². The van der Waals surface area contributed by atoms with Crippen molar-refractivity contribution in [3.63, 3.8) is 0 Å². The van der Waals surface area contributed by atoms with Crippen LogP contribution < -0.4 is 5.32 Å². The Morgan fingerprint density at radius 3 is 2.33 bits per heavy atom. The minimum Gasteiger partial charge on any atom is -0.468 e. The van der Waals surface area contributed by atoms with Crippen LogP contribution in [0, 0.1) is 0 Å². The van der Waals surface area contributed by atoms with Crippen molar-refractivity contribution in [2.45, 2.75) is 45.6 Å². The van der Waals surface area contributed by atoms with Gasteiger partial charge in [-0.15, -0.1) is 0 Å². The molecule has 5 heteroatoms. The first-order valence-electron chi connectivity index (χ1n) is 8.40. The van der Waals surface area contributed by atoms with Crippen LogP contribution in [0.3, 0.4) is 0 Å². The standard InChI is InChI=1S/C16H33N3O2/c1-5-11-19-12-8-16(9-13-19,15(20)21-4)17-10-14-18(6-2)7-3/h17H,5-14H2,1-4H3. The Kier molecular flexibility index (Phi) is 8.22. The average molecular weight is 299 g/mol. The number of likely N-dealkylation sites (tertiary alicyclic amines) is 1. The van der Waals surface area contributed by atoms with Crippen LogP contribution in [0.4, 0.5) is 0 Å². The zero-order valence-corrected chi connectivity index (χ0v) is 14.3. The highest BCUT2D eigenvalue weighted by Gasteiger charge is 2.41. The molecule has 0 spiro atoms. The predicted molar refractivity (Wildman–Crippen MR) is 86.5 cm³/mol. The van der Waals surface area contributed by atoms with Crippen molar-refractivity contribution >= 4 is 5.97 Å². The largest absolute Gasteiger partial charge is 0.468 e. The minimum absolute atomic E-state index is 0.0989. The van der Waals surface area contributed by atoms with Gasteiger partial charge >= 0.3 is 5.97 Å². The number of nitrogens with zero attached hydrogens (tertiary/aromatic N) is 2. The summed E-state index contributed by atoms with van der Waals surface area (Å²) in [5, 5.41) is 3.50. The molecule has 1 N–H and O–H groups in total. The fourth-order valence-electron chi connectivity index (χ4n) is 3.12. The number of nitrogens with one attached hydrogen (secondary N) is 1. The van der Waals surface area contributed by atoms with E-state index in [-0.39, 0.29) is 5.97 Å². The van der Waals surface area contributed by atoms with Gasteiger partial charge < -0.3 is 19.9 Å². The highest BCUT2D eigenvalue weighted by atomic mass is 16.5. The lowest BCUT2D eigenvalue weighted by Crippen LogP contribution is -2.60. The maximum atomic E-state index is 12.3. The molecule has 1 aliphatic heterocycles. The second-order valence-corrected chi connectivity index (χ2v) is 5.87. The van der Waals surface area contributed by atoms with E-state index in [4.69, 9.17) is 4.74 Å². The molecule has 0 aromatic rings. The SMILES string of the molecule is CCCN1CCC(NCCN(CC)CC)(C(=O)OC)CC1. The number of carbonyl (C=O) groups is 1. The summed E-state index contributed by atoms with van der Waals surface area (Å²) in [5.74, 6) is -0.0989. The normalized spacial score (nSPS) is 18.9. The van der Waals surface area contributed by atoms with Crippen molar-refractivity contribution in [1.82, 2.24) is 15.1 Å². The molecule has 1 rings (SSSR count). The third-order valence-corrected chi connectivity index (χ3v) is 4.61. The van der Waals surface area contributed by atoms with E-state index < -0.39 is 5.54 Å². The second kappa shape index (κ2) is 9.38. The molecule has 21 heavy (non-hydrogen) atoms. The Morgan fingerprint density at radius 1 is 1.24 bits per heavy atom. The number of hydrogen-bond donors (Lipinski definition) is 1. The predicted octanol–water partition coefficient (Wildman–Crippen LogP) is 1.34. The lowest BCUT2D eigenvalue weighted by molar-refractivity contribution is -0.151. The maximum Gasteiger partial charge on any atom is 0.326 e. The molecule has 0 atom stereocenters. The number of hydrogen-bond acceptors (Lipinski definition) is 5. The van der Waals surface area contributed by atoms with Gasteiger partial charge in [0.2, 0.25) is 0 Å². The quantitative estimate of drug-likeness (QED) is 0.651. The van der Waals surface area contributed by atoms with Crippen LogP contribution >= 0.6 is 0 Å². The first-order chi connectivity index (χ1) is 10.1. The molecule has 0 saturated carbocycles. The summed E-state index contributed by atoms with van der Waals surface area (Å²) >= 11 is 0. The van der Waals surface area contributed by atoms with Gasteiger partial charge in [0.25, 0.3) is 0 Å². The number of esters is 1. The number of carbonyl (C=O) groups excluding carboxylic acids is 1. The summed E-state index contributed by atoms with van der Waals surface area (Å²) in [5.41, 5.74) is -0.480. The van der Waals surface area contributed by atoms with E-state index in [1.165, 1.54) is 13.5 Å². The van der Waals surface area contributed by atoms with Crippen LogP contribution in [-0.4, -0.2) is 74.2 Å². The van der Waals surface area contributed by atoms with Crippen LogP contribution in [-0.2, 0) is 9.53 Å². The molecule has 1 aliphatic rings. The van der Waals surface area contributed by atoms with Crippen molar-refractivity contribution in [1.29, 1.82) is 0 Å². The van der Waals surface area contributed by atoms with Gasteiger partial charge in [0.15, 0.2) is 0 Å². The molecule has 1 heterocycles. The molecule has 124 valence electrons. The molecular weight excluding hydrogens is 266 g/mol. The molecule has 5 nitrogen and oxygen atoms in total. The van der Waals surface area contributed by atoms with E-state index >= 15 is 0 Å². The molecule has 1 saturated heterocycles. The van der Waals surface area contributed by atoms with Crippen molar-refractivity contribution < 1.29 is 9.53 Å². The third-order valence-electron chi connectivity index (χ3n) is 4.61. The fourth-order valence-corrected chi connectivity index (χ4v) is 3.12. The first-order valence-corrected chi connectivity index (χ1v) is 8.40. The van der Waals surface area contributed by atoms with E-state index in [1.54, 1.807) is 0 Å². The average Bonchev–Trinajstić information content (AvgIpc) is 2.53. The van der Waals surface area contributed by atoms with Crippen LogP contribution in [0.15, 0.2) is 0 Å². The monoisotopic (exact) mass is 299 g/mol. The number of methoxy groups -OCH3 is 1. The zero-order chi connectivity index (χ0) is 15.7. The number of piperidine rings is 1. The van der Waals surface area contributed by atoms with Gasteiger partial charge in [-0.3, -0.25) is 4.79 Å². The summed E-state index contributed by atoms with van der Waals surface area (Å²) < 4.78 is 5.06. The summed E-state index contributed by atoms with van der Waals surface area (Å²) in [6, 6.07) is 0. The Labute approximate surface area is 130 Å². The third kappa shape index (κ3) is 5.24. The Bertz CT molecular complexity index is 298. The molecule has 0 aromatic heterocycles. The molecule has 0 aliphatic carbocycles. The van der Waals surface area contributed by atoms with Crippen LogP contribution in [0.25, 0.3) is 0 Å². The van der Waals surface area contributed by atoms with Crippen molar-refractivity contribution in [3.8, 4) is 0 Å². The van der Waals surface area contributed by atoms with E-state index in [9.17, 15) is 4.79 Å². The van der Waals surface area contributed by atoms with E-state index in [0.717, 1.165) is 58.7 Å². The Morgan fingerprint density at radius 2 is 1.86 bits per heavy atom. The summed E-state index contributed by atoms with van der Waals surface area (Å²) in [7, 11) is 1.49. The highest BCUT2D eigenvalue weighted by molar-refractivity contribution is 5.81. The molecule has 0 unspecified atom stereocenters. The smallest absolute Gasteiger partial charge is 0.326 e. The minimum atomic E-state index is -0.480. The molecule has 0 amide bonds. The summed E-state index contributed by atoms with van der Waals surface area (Å²) in [6.07, 6.45) is 2.86. The van der Waals surface area contributed by atoms with Crippen molar-refractivity contribution in [3.05, 3.63) is 0 Å². The maximum absolute atomic E-state index is 12.3. The van der Waals surface area contributed by atoms with E-state index in [0.29, 0.717) is 0 Å². The highest BCUT2D eigenvalue weighted by Crippen LogP contribution is 2.24. The van der Waals surface area contributed by atoms with Gasteiger partial charge in [-0.1, -0.05) is 20.8 Å². The lowest BCUT2D eigenvalue weighted by Gasteiger charge is -2.40. The Balaban J connectivity index is 2.54. The van der Waals surface area contributed by atoms with Crippen LogP contribution in [0.1, 0.15) is 40.0 Å². The Hall–Kier alpha value is -0.650. The molecule has 0 aromatic carbocycles. The second-order valence-electron chi connectivity index (χ2n) is 5.87. The van der Waals surface area contributed by atoms with Gasteiger partial charge in [-0.25, -0.2) is 0 Å². The molecule has 1 fully saturated rings. The molecule has 0 bridgehead atoms. The summed E-state index contributed by atoms with van der Waals surface area (Å²) in [4.78, 5) is 17.1. The number of ether oxygens (including phenoxy) is 1. The van der Waals surface area contributed by atoms with Gasteiger partial charge in [-0.2, -0.15) is 0 Å². The lowest BCUT2D eigenvalue weighted by atomic mass is 9.87. The first kappa shape index (κ1) is 18.4. The number of likely N-dealkylation sites (N-methyl/N-ethyl adjacent to an activating group) is 1. The summed E-state index contributed by atoms with van der Waals surface area (Å²) in [6.45, 7) is 13.5. The topological polar surface area (TPSA) is 44.8 Å². The van der Waals surface area contributed by atoms with E-state index in [2.05, 4.69) is 35.9 Å². The van der Waals surface area contributed by atoms with Crippen LogP contribution in [0.2, 0.25) is 0 Å². The van der Waals surface area contributed by atoms with Gasteiger partial charge in [-0.05, 0) is 38.9 Å². The molecule has 0 radical (unpaired) electrons. The molecular formula is C16H33N3O2.